The van der Waals surface area contributed by atoms with Crippen LogP contribution >= 0.6 is 0 Å². The molecule has 1 aliphatic rings. The minimum absolute atomic E-state index is 0.0226. The highest BCUT2D eigenvalue weighted by Gasteiger charge is 2.21. The Bertz CT molecular complexity index is 144. The Morgan fingerprint density at radius 3 is 2.33 bits per heavy atom. The first-order valence-electron chi connectivity index (χ1n) is 7.02. The molecule has 0 aromatic rings. The average Bonchev–Trinajstić information content (AvgIpc) is 2.25. The largest absolute Gasteiger partial charge is 0.393 e. The maximum atomic E-state index is 9.81. The molecule has 2 atom stereocenters. The highest BCUT2D eigenvalue weighted by Crippen LogP contribution is 2.28. The van der Waals surface area contributed by atoms with E-state index in [1.807, 2.05) is 0 Å². The average molecular weight is 212 g/mol. The van der Waals surface area contributed by atoms with Crippen LogP contribution in [0.5, 0.6) is 0 Å². The van der Waals surface area contributed by atoms with E-state index in [0.717, 1.165) is 6.42 Å². The van der Waals surface area contributed by atoms with Gasteiger partial charge in [0, 0.05) is 0 Å². The Morgan fingerprint density at radius 1 is 0.933 bits per heavy atom. The second-order valence-electron chi connectivity index (χ2n) is 5.17. The van der Waals surface area contributed by atoms with Crippen LogP contribution in [0, 0.1) is 5.92 Å². The van der Waals surface area contributed by atoms with Crippen molar-refractivity contribution in [1.29, 1.82) is 0 Å². The predicted octanol–water partition coefficient (Wildman–Crippen LogP) is 4.29. The second kappa shape index (κ2) is 8.15. The molecule has 0 heterocycles. The number of aliphatic hydroxyl groups excluding tert-OH is 1. The van der Waals surface area contributed by atoms with E-state index in [4.69, 9.17) is 0 Å². The molecule has 0 saturated heterocycles. The van der Waals surface area contributed by atoms with Gasteiger partial charge in [-0.3, -0.25) is 0 Å². The molecule has 0 spiro atoms. The zero-order valence-electron chi connectivity index (χ0n) is 10.4. The normalized spacial score (nSPS) is 26.8. The molecule has 1 nitrogen and oxygen atoms in total. The molecule has 1 N–H and O–H groups in total. The lowest BCUT2D eigenvalue weighted by molar-refractivity contribution is 0.0639. The molecule has 0 radical (unpaired) electrons. The molecule has 1 fully saturated rings. The number of rotatable bonds is 7. The second-order valence-corrected chi connectivity index (χ2v) is 5.17. The first-order chi connectivity index (χ1) is 7.34. The SMILES string of the molecule is CCCCCCCCC1CCCCC1O. The standard InChI is InChI=1S/C14H28O/c1-2-3-4-5-6-7-10-13-11-8-9-12-14(13)15/h13-15H,2-12H2,1H3. The number of unbranched alkanes of at least 4 members (excludes halogenated alkanes) is 5. The molecule has 0 aliphatic heterocycles. The van der Waals surface area contributed by atoms with E-state index in [0.29, 0.717) is 5.92 Å². The quantitative estimate of drug-likeness (QED) is 0.624. The van der Waals surface area contributed by atoms with E-state index in [1.165, 1.54) is 64.2 Å². The fraction of sp³-hybridized carbons (Fsp3) is 1.00. The molecule has 1 saturated carbocycles. The zero-order valence-corrected chi connectivity index (χ0v) is 10.4. The molecule has 15 heavy (non-hydrogen) atoms. The van der Waals surface area contributed by atoms with Crippen molar-refractivity contribution >= 4 is 0 Å². The van der Waals surface area contributed by atoms with E-state index < -0.39 is 0 Å². The monoisotopic (exact) mass is 212 g/mol. The lowest BCUT2D eigenvalue weighted by Gasteiger charge is -2.27. The van der Waals surface area contributed by atoms with Crippen LogP contribution in [0.3, 0.4) is 0 Å². The summed E-state index contributed by atoms with van der Waals surface area (Å²) in [4.78, 5) is 0. The molecule has 90 valence electrons. The smallest absolute Gasteiger partial charge is 0.0568 e. The van der Waals surface area contributed by atoms with Crippen LogP contribution in [0.2, 0.25) is 0 Å². The Kier molecular flexibility index (Phi) is 7.08. The summed E-state index contributed by atoms with van der Waals surface area (Å²) in [5.41, 5.74) is 0. The zero-order chi connectivity index (χ0) is 10.9. The van der Waals surface area contributed by atoms with E-state index in [2.05, 4.69) is 6.92 Å². The van der Waals surface area contributed by atoms with E-state index in [9.17, 15) is 5.11 Å². The molecule has 2 unspecified atom stereocenters. The third-order valence-electron chi connectivity index (χ3n) is 3.80. The number of aliphatic hydroxyl groups is 1. The van der Waals surface area contributed by atoms with Gasteiger partial charge in [-0.15, -0.1) is 0 Å². The Labute approximate surface area is 95.3 Å². The molecule has 1 aliphatic carbocycles. The van der Waals surface area contributed by atoms with Crippen molar-refractivity contribution in [3.63, 3.8) is 0 Å². The van der Waals surface area contributed by atoms with Gasteiger partial charge in [0.05, 0.1) is 6.10 Å². The van der Waals surface area contributed by atoms with Crippen LogP contribution in [-0.2, 0) is 0 Å². The van der Waals surface area contributed by atoms with Gasteiger partial charge in [-0.25, -0.2) is 0 Å². The lowest BCUT2D eigenvalue weighted by atomic mass is 9.83. The highest BCUT2D eigenvalue weighted by molar-refractivity contribution is 4.74. The van der Waals surface area contributed by atoms with Gasteiger partial charge in [0.2, 0.25) is 0 Å². The van der Waals surface area contributed by atoms with Gasteiger partial charge >= 0.3 is 0 Å². The Balaban J connectivity index is 1.94. The van der Waals surface area contributed by atoms with Gasteiger partial charge in [0.15, 0.2) is 0 Å². The number of hydrogen-bond acceptors (Lipinski definition) is 1. The summed E-state index contributed by atoms with van der Waals surface area (Å²) in [6.45, 7) is 2.26. The van der Waals surface area contributed by atoms with Gasteiger partial charge in [0.25, 0.3) is 0 Å². The van der Waals surface area contributed by atoms with E-state index in [-0.39, 0.29) is 6.10 Å². The topological polar surface area (TPSA) is 20.2 Å². The summed E-state index contributed by atoms with van der Waals surface area (Å²) in [7, 11) is 0. The van der Waals surface area contributed by atoms with Gasteiger partial charge in [0.1, 0.15) is 0 Å². The lowest BCUT2D eigenvalue weighted by Crippen LogP contribution is -2.24. The minimum Gasteiger partial charge on any atom is -0.393 e. The van der Waals surface area contributed by atoms with Crippen LogP contribution in [0.4, 0.5) is 0 Å². The molecule has 0 amide bonds. The van der Waals surface area contributed by atoms with Crippen LogP contribution < -0.4 is 0 Å². The molecule has 0 bridgehead atoms. The first-order valence-corrected chi connectivity index (χ1v) is 7.02. The molecular weight excluding hydrogens is 184 g/mol. The van der Waals surface area contributed by atoms with Crippen molar-refractivity contribution in [2.75, 3.05) is 0 Å². The van der Waals surface area contributed by atoms with Crippen LogP contribution in [0.25, 0.3) is 0 Å². The van der Waals surface area contributed by atoms with Crippen LogP contribution in [-0.4, -0.2) is 11.2 Å². The van der Waals surface area contributed by atoms with Gasteiger partial charge in [-0.05, 0) is 25.2 Å². The Morgan fingerprint density at radius 2 is 1.60 bits per heavy atom. The summed E-state index contributed by atoms with van der Waals surface area (Å²) in [6.07, 6.45) is 14.5. The maximum Gasteiger partial charge on any atom is 0.0568 e. The highest BCUT2D eigenvalue weighted by atomic mass is 16.3. The van der Waals surface area contributed by atoms with Crippen molar-refractivity contribution in [2.45, 2.75) is 83.7 Å². The van der Waals surface area contributed by atoms with E-state index in [1.54, 1.807) is 0 Å². The molecule has 1 rings (SSSR count). The summed E-state index contributed by atoms with van der Waals surface area (Å²) < 4.78 is 0. The molecular formula is C14H28O. The van der Waals surface area contributed by atoms with Crippen molar-refractivity contribution < 1.29 is 5.11 Å². The summed E-state index contributed by atoms with van der Waals surface area (Å²) >= 11 is 0. The van der Waals surface area contributed by atoms with Gasteiger partial charge < -0.3 is 5.11 Å². The fourth-order valence-corrected chi connectivity index (χ4v) is 2.71. The minimum atomic E-state index is 0.0226. The van der Waals surface area contributed by atoms with Gasteiger partial charge in [-0.2, -0.15) is 0 Å². The summed E-state index contributed by atoms with van der Waals surface area (Å²) in [5.74, 6) is 0.630. The summed E-state index contributed by atoms with van der Waals surface area (Å²) in [5, 5.41) is 9.81. The third-order valence-corrected chi connectivity index (χ3v) is 3.80. The Hall–Kier alpha value is -0.0400. The molecule has 0 aromatic carbocycles. The third kappa shape index (κ3) is 5.55. The van der Waals surface area contributed by atoms with E-state index >= 15 is 0 Å². The number of hydrogen-bond donors (Lipinski definition) is 1. The van der Waals surface area contributed by atoms with Crippen molar-refractivity contribution in [3.05, 3.63) is 0 Å². The summed E-state index contributed by atoms with van der Waals surface area (Å²) in [6, 6.07) is 0. The van der Waals surface area contributed by atoms with Crippen molar-refractivity contribution in [2.24, 2.45) is 5.92 Å². The molecule has 0 aromatic heterocycles. The van der Waals surface area contributed by atoms with Gasteiger partial charge in [-0.1, -0.05) is 58.3 Å². The van der Waals surface area contributed by atoms with Crippen LogP contribution in [0.15, 0.2) is 0 Å². The van der Waals surface area contributed by atoms with Crippen LogP contribution in [0.1, 0.15) is 77.6 Å². The van der Waals surface area contributed by atoms with Crippen molar-refractivity contribution in [1.82, 2.24) is 0 Å². The van der Waals surface area contributed by atoms with Crippen molar-refractivity contribution in [3.8, 4) is 0 Å². The fourth-order valence-electron chi connectivity index (χ4n) is 2.71. The molecule has 1 heteroatoms. The first kappa shape index (κ1) is 13.0. The maximum absolute atomic E-state index is 9.81. The predicted molar refractivity (Wildman–Crippen MR) is 66.0 cm³/mol.